The molecule has 0 spiro atoms. The summed E-state index contributed by atoms with van der Waals surface area (Å²) in [5.41, 5.74) is 4.50. The molecule has 0 saturated heterocycles. The van der Waals surface area contributed by atoms with Crippen molar-refractivity contribution in [3.63, 3.8) is 0 Å². The molecule has 0 aromatic carbocycles. The van der Waals surface area contributed by atoms with Gasteiger partial charge in [-0.15, -0.1) is 0 Å². The highest BCUT2D eigenvalue weighted by molar-refractivity contribution is 6.66. The minimum atomic E-state index is -4.37. The van der Waals surface area contributed by atoms with E-state index in [0.717, 1.165) is 19.1 Å². The number of carbonyl (C=O) groups excluding carboxylic acids is 4. The van der Waals surface area contributed by atoms with Crippen LogP contribution in [0, 0.1) is 0 Å². The van der Waals surface area contributed by atoms with Gasteiger partial charge in [0, 0.05) is 51.6 Å². The van der Waals surface area contributed by atoms with Crippen molar-refractivity contribution < 1.29 is 71.9 Å². The van der Waals surface area contributed by atoms with E-state index in [-0.39, 0.29) is 25.9 Å². The molecule has 6 nitrogen and oxygen atoms in total. The molecular formula is C26H39ClF12N2O4. The van der Waals surface area contributed by atoms with Crippen molar-refractivity contribution in [2.45, 2.75) is 89.4 Å². The van der Waals surface area contributed by atoms with Crippen molar-refractivity contribution in [1.82, 2.24) is 4.90 Å². The number of ketones is 3. The lowest BCUT2D eigenvalue weighted by atomic mass is 10.1. The lowest BCUT2D eigenvalue weighted by Crippen LogP contribution is -2.25. The van der Waals surface area contributed by atoms with Crippen molar-refractivity contribution in [1.29, 1.82) is 0 Å². The molecule has 0 amide bonds. The van der Waals surface area contributed by atoms with Gasteiger partial charge in [-0.25, -0.2) is 0 Å². The number of Topliss-reactive ketones (excluding diaryl/α,β-unsaturated/α-hetero) is 2. The zero-order valence-electron chi connectivity index (χ0n) is 24.9. The normalized spacial score (nSPS) is 11.2. The van der Waals surface area contributed by atoms with Gasteiger partial charge in [-0.1, -0.05) is 20.1 Å². The van der Waals surface area contributed by atoms with Crippen LogP contribution in [0.4, 0.5) is 52.7 Å². The Morgan fingerprint density at radius 3 is 1.09 bits per heavy atom. The Balaban J connectivity index is -0.000000190. The van der Waals surface area contributed by atoms with E-state index in [2.05, 4.69) is 18.9 Å². The van der Waals surface area contributed by atoms with Crippen molar-refractivity contribution in [3.8, 4) is 0 Å². The van der Waals surface area contributed by atoms with Gasteiger partial charge in [0.05, 0.1) is 19.3 Å². The summed E-state index contributed by atoms with van der Waals surface area (Å²) in [6, 6.07) is 0. The van der Waals surface area contributed by atoms with Gasteiger partial charge in [0.25, 0.3) is 0 Å². The second-order valence-corrected chi connectivity index (χ2v) is 8.75. The predicted octanol–water partition coefficient (Wildman–Crippen LogP) is 8.08. The predicted molar refractivity (Wildman–Crippen MR) is 145 cm³/mol. The zero-order chi connectivity index (χ0) is 37.1. The Morgan fingerprint density at radius 1 is 0.622 bits per heavy atom. The first kappa shape index (κ1) is 52.1. The lowest BCUT2D eigenvalue weighted by molar-refractivity contribution is -0.143. The number of nitrogens with two attached hydrogens (primary N) is 1. The number of nitrogens with zero attached hydrogens (tertiary/aromatic N) is 1. The van der Waals surface area contributed by atoms with Gasteiger partial charge in [-0.05, 0) is 37.8 Å². The summed E-state index contributed by atoms with van der Waals surface area (Å²) in [5.74, 6) is -1.64. The molecule has 0 fully saturated rings. The summed E-state index contributed by atoms with van der Waals surface area (Å²) in [5, 5.41) is -0.509. The first-order chi connectivity index (χ1) is 20.2. The fraction of sp³-hybridized carbons (Fsp3) is 0.692. The van der Waals surface area contributed by atoms with E-state index in [0.29, 0.717) is 0 Å². The molecular weight excluding hydrogens is 668 g/mol. The van der Waals surface area contributed by atoms with Crippen LogP contribution in [-0.4, -0.2) is 79.4 Å². The molecule has 0 saturated carbocycles. The molecule has 0 unspecified atom stereocenters. The van der Waals surface area contributed by atoms with E-state index in [9.17, 15) is 71.9 Å². The van der Waals surface area contributed by atoms with Crippen LogP contribution < -0.4 is 5.73 Å². The maximum Gasteiger partial charge on any atom is 0.389 e. The minimum Gasteiger partial charge on any atom is -0.333 e. The fourth-order valence-electron chi connectivity index (χ4n) is 1.92. The molecule has 0 bridgehead atoms. The number of carbonyl (C=O) groups is 4. The van der Waals surface area contributed by atoms with E-state index in [1.165, 1.54) is 11.9 Å². The summed E-state index contributed by atoms with van der Waals surface area (Å²) in [4.78, 5) is 43.7. The van der Waals surface area contributed by atoms with Crippen molar-refractivity contribution in [3.05, 3.63) is 25.3 Å². The minimum absolute atomic E-state index is 0.0800. The van der Waals surface area contributed by atoms with Gasteiger partial charge < -0.3 is 10.6 Å². The van der Waals surface area contributed by atoms with Gasteiger partial charge in [0.1, 0.15) is 11.6 Å². The summed E-state index contributed by atoms with van der Waals surface area (Å²) >= 11 is 4.71. The quantitative estimate of drug-likeness (QED) is 0.112. The van der Waals surface area contributed by atoms with E-state index in [1.54, 1.807) is 7.05 Å². The summed E-state index contributed by atoms with van der Waals surface area (Å²) in [6.45, 7) is 7.55. The van der Waals surface area contributed by atoms with Gasteiger partial charge in [-0.3, -0.25) is 19.2 Å². The van der Waals surface area contributed by atoms with Crippen LogP contribution in [0.2, 0.25) is 0 Å². The Labute approximate surface area is 259 Å². The molecule has 0 aromatic heterocycles. The van der Waals surface area contributed by atoms with Gasteiger partial charge in [-0.2, -0.15) is 52.7 Å². The molecule has 0 aliphatic carbocycles. The zero-order valence-corrected chi connectivity index (χ0v) is 25.7. The Bertz CT molecular complexity index is 808. The SMILES string of the molecule is C=CC(=O)CCC(F)(F)F.C=CC(=O)Cl.CCC(F)(F)F.CN.CN(CCC(=O)CCC(F)(F)F)CCC(=O)CCC(F)(F)F. The average molecular weight is 707 g/mol. The molecule has 19 heteroatoms. The molecule has 0 atom stereocenters. The highest BCUT2D eigenvalue weighted by atomic mass is 35.5. The van der Waals surface area contributed by atoms with Crippen LogP contribution in [0.1, 0.15) is 64.7 Å². The number of hydrogen-bond acceptors (Lipinski definition) is 6. The second kappa shape index (κ2) is 27.8. The topological polar surface area (TPSA) is 97.5 Å². The molecule has 2 N–H and O–H groups in total. The third-order valence-corrected chi connectivity index (χ3v) is 4.52. The van der Waals surface area contributed by atoms with Crippen LogP contribution in [0.3, 0.4) is 0 Å². The van der Waals surface area contributed by atoms with Crippen molar-refractivity contribution in [2.75, 3.05) is 27.2 Å². The first-order valence-corrected chi connectivity index (χ1v) is 13.1. The Hall–Kier alpha value is -2.47. The van der Waals surface area contributed by atoms with Crippen molar-refractivity contribution >= 4 is 34.2 Å². The fourth-order valence-corrected chi connectivity index (χ4v) is 1.92. The van der Waals surface area contributed by atoms with Gasteiger partial charge >= 0.3 is 24.7 Å². The maximum absolute atomic E-state index is 11.9. The van der Waals surface area contributed by atoms with Crippen LogP contribution in [0.25, 0.3) is 0 Å². The second-order valence-electron chi connectivity index (χ2n) is 8.37. The third kappa shape index (κ3) is 61.3. The number of allylic oxidation sites excluding steroid dienone is 2. The third-order valence-electron chi connectivity index (χ3n) is 4.36. The number of halogens is 13. The van der Waals surface area contributed by atoms with Crippen LogP contribution in [0.15, 0.2) is 25.3 Å². The van der Waals surface area contributed by atoms with E-state index in [4.69, 9.17) is 11.6 Å². The largest absolute Gasteiger partial charge is 0.389 e. The molecule has 268 valence electrons. The molecule has 45 heavy (non-hydrogen) atoms. The maximum atomic E-state index is 11.9. The average Bonchev–Trinajstić information content (AvgIpc) is 2.91. The van der Waals surface area contributed by atoms with E-state index < -0.39 is 92.2 Å². The summed E-state index contributed by atoms with van der Waals surface area (Å²) in [6.07, 6.45) is -20.9. The van der Waals surface area contributed by atoms with Gasteiger partial charge in [0.2, 0.25) is 5.24 Å². The molecule has 0 aliphatic rings. The summed E-state index contributed by atoms with van der Waals surface area (Å²) in [7, 11) is 3.05. The lowest BCUT2D eigenvalue weighted by Gasteiger charge is -2.15. The highest BCUT2D eigenvalue weighted by Gasteiger charge is 2.29. The van der Waals surface area contributed by atoms with Crippen LogP contribution in [-0.2, 0) is 19.2 Å². The van der Waals surface area contributed by atoms with E-state index >= 15 is 0 Å². The Morgan fingerprint density at radius 2 is 0.889 bits per heavy atom. The highest BCUT2D eigenvalue weighted by Crippen LogP contribution is 2.23. The van der Waals surface area contributed by atoms with E-state index in [1.807, 2.05) is 0 Å². The Kier molecular flexibility index (Phi) is 32.2. The number of alkyl halides is 12. The number of rotatable bonds is 14. The molecule has 0 rings (SSSR count). The van der Waals surface area contributed by atoms with Crippen LogP contribution in [0.5, 0.6) is 0 Å². The molecule has 0 heterocycles. The monoisotopic (exact) mass is 706 g/mol. The van der Waals surface area contributed by atoms with Crippen molar-refractivity contribution in [2.24, 2.45) is 5.73 Å². The van der Waals surface area contributed by atoms with Crippen LogP contribution >= 0.6 is 11.6 Å². The molecule has 0 radical (unpaired) electrons. The number of hydrogen-bond donors (Lipinski definition) is 1. The smallest absolute Gasteiger partial charge is 0.333 e. The molecule has 0 aliphatic heterocycles. The summed E-state index contributed by atoms with van der Waals surface area (Å²) < 4.78 is 138. The first-order valence-electron chi connectivity index (χ1n) is 12.7. The standard InChI is InChI=1S/C13H19F6NO2.C6H7F3O.C3H3ClO.C3H5F3.CH5N/c1-20(8-4-10(21)2-6-12(14,15)16)9-5-11(22)3-7-13(17,18)19;1-2-5(10)3-4-6(7,8)9;1-2-3(4)5;1-2-3(4,5)6;1-2/h2-9H2,1H3;2H,1,3-4H2;2H,1H2;2H2,1H3;2H2,1H3. The van der Waals surface area contributed by atoms with Gasteiger partial charge in [0.15, 0.2) is 5.78 Å². The molecule has 0 aromatic rings.